The second-order valence-electron chi connectivity index (χ2n) is 5.88. The van der Waals surface area contributed by atoms with Crippen LogP contribution in [-0.2, 0) is 13.0 Å². The predicted molar refractivity (Wildman–Crippen MR) is 87.9 cm³/mol. The summed E-state index contributed by atoms with van der Waals surface area (Å²) >= 11 is 0. The summed E-state index contributed by atoms with van der Waals surface area (Å²) in [4.78, 5) is 32.9. The monoisotopic (exact) mass is 321 g/mol. The van der Waals surface area contributed by atoms with Crippen molar-refractivity contribution in [2.24, 2.45) is 0 Å². The first-order valence-electron chi connectivity index (χ1n) is 7.69. The minimum atomic E-state index is -0.977. The van der Waals surface area contributed by atoms with Crippen molar-refractivity contribution in [1.29, 1.82) is 0 Å². The van der Waals surface area contributed by atoms with Gasteiger partial charge in [0.2, 0.25) is 0 Å². The van der Waals surface area contributed by atoms with Crippen molar-refractivity contribution in [3.63, 3.8) is 0 Å². The zero-order chi connectivity index (χ0) is 16.7. The van der Waals surface area contributed by atoms with Crippen molar-refractivity contribution in [3.8, 4) is 0 Å². The lowest BCUT2D eigenvalue weighted by Gasteiger charge is -2.29. The van der Waals surface area contributed by atoms with Crippen LogP contribution in [0.15, 0.2) is 42.7 Å². The van der Waals surface area contributed by atoms with Gasteiger partial charge in [-0.15, -0.1) is 0 Å². The largest absolute Gasteiger partial charge is 0.478 e. The van der Waals surface area contributed by atoms with Crippen LogP contribution < -0.4 is 0 Å². The van der Waals surface area contributed by atoms with Crippen molar-refractivity contribution in [3.05, 3.63) is 65.1 Å². The first kappa shape index (κ1) is 14.4. The van der Waals surface area contributed by atoms with Crippen LogP contribution in [0.1, 0.15) is 32.0 Å². The molecule has 24 heavy (non-hydrogen) atoms. The summed E-state index contributed by atoms with van der Waals surface area (Å²) < 4.78 is 0. The Morgan fingerprint density at radius 1 is 1.21 bits per heavy atom. The third-order valence-corrected chi connectivity index (χ3v) is 4.42. The standard InChI is InChI=1S/C18H15N3O3/c22-17(16-7-11-3-1-2-4-15(11)20-16)21-6-5-13-12(10-21)8-19-9-14(13)18(23)24/h1-4,7-9,20H,5-6,10H2,(H,23,24). The van der Waals surface area contributed by atoms with Gasteiger partial charge in [-0.25, -0.2) is 4.79 Å². The first-order valence-corrected chi connectivity index (χ1v) is 7.69. The second-order valence-corrected chi connectivity index (χ2v) is 5.88. The number of hydrogen-bond donors (Lipinski definition) is 2. The number of aromatic nitrogens is 2. The zero-order valence-electron chi connectivity index (χ0n) is 12.8. The Balaban J connectivity index is 1.63. The molecule has 0 radical (unpaired) electrons. The Kier molecular flexibility index (Phi) is 3.30. The van der Waals surface area contributed by atoms with Crippen molar-refractivity contribution < 1.29 is 14.7 Å². The molecule has 3 heterocycles. The van der Waals surface area contributed by atoms with E-state index in [4.69, 9.17) is 0 Å². The minimum absolute atomic E-state index is 0.0856. The number of aromatic carboxylic acids is 1. The highest BCUT2D eigenvalue weighted by Crippen LogP contribution is 2.24. The van der Waals surface area contributed by atoms with Crippen molar-refractivity contribution >= 4 is 22.8 Å². The highest BCUT2D eigenvalue weighted by molar-refractivity contribution is 5.98. The number of aromatic amines is 1. The summed E-state index contributed by atoms with van der Waals surface area (Å²) in [7, 11) is 0. The molecule has 1 aromatic carbocycles. The summed E-state index contributed by atoms with van der Waals surface area (Å²) in [5.41, 5.74) is 3.27. The van der Waals surface area contributed by atoms with Gasteiger partial charge >= 0.3 is 5.97 Å². The third-order valence-electron chi connectivity index (χ3n) is 4.42. The fourth-order valence-corrected chi connectivity index (χ4v) is 3.21. The third kappa shape index (κ3) is 2.32. The number of carbonyl (C=O) groups excluding carboxylic acids is 1. The minimum Gasteiger partial charge on any atom is -0.478 e. The Bertz CT molecular complexity index is 928. The van der Waals surface area contributed by atoms with Gasteiger partial charge in [0.25, 0.3) is 5.91 Å². The molecule has 2 N–H and O–H groups in total. The summed E-state index contributed by atoms with van der Waals surface area (Å²) in [5.74, 6) is -1.06. The van der Waals surface area contributed by atoms with Crippen LogP contribution in [-0.4, -0.2) is 38.4 Å². The summed E-state index contributed by atoms with van der Waals surface area (Å²) in [5, 5.41) is 10.2. The maximum absolute atomic E-state index is 12.8. The zero-order valence-corrected chi connectivity index (χ0v) is 12.8. The molecule has 1 aliphatic heterocycles. The van der Waals surface area contributed by atoms with Gasteiger partial charge in [-0.05, 0) is 29.7 Å². The molecule has 120 valence electrons. The molecule has 0 atom stereocenters. The maximum Gasteiger partial charge on any atom is 0.337 e. The van der Waals surface area contributed by atoms with Crippen molar-refractivity contribution in [1.82, 2.24) is 14.9 Å². The molecule has 1 amide bonds. The molecule has 4 rings (SSSR count). The molecule has 3 aromatic rings. The van der Waals surface area contributed by atoms with E-state index in [1.165, 1.54) is 6.20 Å². The molecule has 6 nitrogen and oxygen atoms in total. The normalized spacial score (nSPS) is 13.8. The number of hydrogen-bond acceptors (Lipinski definition) is 3. The topological polar surface area (TPSA) is 86.3 Å². The highest BCUT2D eigenvalue weighted by Gasteiger charge is 2.26. The maximum atomic E-state index is 12.8. The van der Waals surface area contributed by atoms with Crippen LogP contribution >= 0.6 is 0 Å². The van der Waals surface area contributed by atoms with Gasteiger partial charge in [0.1, 0.15) is 5.69 Å². The molecule has 0 fully saturated rings. The quantitative estimate of drug-likeness (QED) is 0.759. The second kappa shape index (κ2) is 5.49. The number of H-pyrrole nitrogens is 1. The number of para-hydroxylation sites is 1. The van der Waals surface area contributed by atoms with E-state index in [2.05, 4.69) is 9.97 Å². The Labute approximate surface area is 137 Å². The van der Waals surface area contributed by atoms with Gasteiger partial charge in [-0.2, -0.15) is 0 Å². The number of pyridine rings is 1. The SMILES string of the molecule is O=C(O)c1cncc2c1CCN(C(=O)c1cc3ccccc3[nH]1)C2. The fraction of sp³-hybridized carbons (Fsp3) is 0.167. The molecular weight excluding hydrogens is 306 g/mol. The van der Waals surface area contributed by atoms with E-state index in [9.17, 15) is 14.7 Å². The Hall–Kier alpha value is -3.15. The van der Waals surface area contributed by atoms with Gasteiger partial charge < -0.3 is 15.0 Å². The predicted octanol–water partition coefficient (Wildman–Crippen LogP) is 2.46. The van der Waals surface area contributed by atoms with E-state index in [1.807, 2.05) is 30.3 Å². The Morgan fingerprint density at radius 3 is 2.83 bits per heavy atom. The number of rotatable bonds is 2. The molecular formula is C18H15N3O3. The van der Waals surface area contributed by atoms with Gasteiger partial charge in [0.15, 0.2) is 0 Å². The molecule has 0 spiro atoms. The molecule has 0 saturated heterocycles. The lowest BCUT2D eigenvalue weighted by molar-refractivity contribution is 0.0693. The number of carboxylic acid groups (broad SMARTS) is 1. The smallest absolute Gasteiger partial charge is 0.337 e. The number of carboxylic acids is 1. The van der Waals surface area contributed by atoms with Crippen molar-refractivity contribution in [2.75, 3.05) is 6.54 Å². The highest BCUT2D eigenvalue weighted by atomic mass is 16.4. The summed E-state index contributed by atoms with van der Waals surface area (Å²) in [6.45, 7) is 0.864. The van der Waals surface area contributed by atoms with Crippen LogP contribution in [0.2, 0.25) is 0 Å². The fourth-order valence-electron chi connectivity index (χ4n) is 3.21. The van der Waals surface area contributed by atoms with Gasteiger partial charge in [0.05, 0.1) is 5.56 Å². The van der Waals surface area contributed by atoms with Crippen LogP contribution in [0.3, 0.4) is 0 Å². The number of nitrogens with one attached hydrogen (secondary N) is 1. The van der Waals surface area contributed by atoms with Gasteiger partial charge in [-0.1, -0.05) is 18.2 Å². The van der Waals surface area contributed by atoms with E-state index >= 15 is 0 Å². The number of fused-ring (bicyclic) bond motifs is 2. The van der Waals surface area contributed by atoms with E-state index in [-0.39, 0.29) is 11.5 Å². The average Bonchev–Trinajstić information content (AvgIpc) is 3.04. The van der Waals surface area contributed by atoms with E-state index in [0.717, 1.165) is 22.0 Å². The molecule has 0 bridgehead atoms. The van der Waals surface area contributed by atoms with Gasteiger partial charge in [0, 0.05) is 36.4 Å². The van der Waals surface area contributed by atoms with Crippen molar-refractivity contribution in [2.45, 2.75) is 13.0 Å². The molecule has 0 saturated carbocycles. The van der Waals surface area contributed by atoms with Crippen LogP contribution in [0.4, 0.5) is 0 Å². The lowest BCUT2D eigenvalue weighted by Crippen LogP contribution is -2.36. The van der Waals surface area contributed by atoms with Gasteiger partial charge in [-0.3, -0.25) is 9.78 Å². The molecule has 0 unspecified atom stereocenters. The number of amides is 1. The molecule has 6 heteroatoms. The molecule has 1 aliphatic rings. The van der Waals surface area contributed by atoms with Crippen LogP contribution in [0, 0.1) is 0 Å². The van der Waals surface area contributed by atoms with Crippen LogP contribution in [0.25, 0.3) is 10.9 Å². The summed E-state index contributed by atoms with van der Waals surface area (Å²) in [6.07, 6.45) is 3.54. The van der Waals surface area contributed by atoms with E-state index < -0.39 is 5.97 Å². The number of nitrogens with zero attached hydrogens (tertiary/aromatic N) is 2. The summed E-state index contributed by atoms with van der Waals surface area (Å²) in [6, 6.07) is 9.58. The average molecular weight is 321 g/mol. The van der Waals surface area contributed by atoms with E-state index in [1.54, 1.807) is 11.1 Å². The number of benzene rings is 1. The lowest BCUT2D eigenvalue weighted by atomic mass is 9.97. The van der Waals surface area contributed by atoms with Crippen LogP contribution in [0.5, 0.6) is 0 Å². The number of carbonyl (C=O) groups is 2. The first-order chi connectivity index (χ1) is 11.6. The van der Waals surface area contributed by atoms with E-state index in [0.29, 0.717) is 25.2 Å². The molecule has 0 aliphatic carbocycles. The Morgan fingerprint density at radius 2 is 2.04 bits per heavy atom. The molecule has 2 aromatic heterocycles.